The Kier molecular flexibility index (Phi) is 2.77. The van der Waals surface area contributed by atoms with E-state index in [1.54, 1.807) is 0 Å². The molecule has 0 aliphatic heterocycles. The molecule has 0 rings (SSSR count). The zero-order chi connectivity index (χ0) is 4.28. The van der Waals surface area contributed by atoms with Gasteiger partial charge in [-0.1, -0.05) is 0 Å². The van der Waals surface area contributed by atoms with Crippen LogP contribution in [-0.2, 0) is 4.79 Å². The number of aliphatic carboxylic acids is 1. The molecule has 28 valence electrons. The third-order valence-corrected chi connectivity index (χ3v) is 1.19. The Morgan fingerprint density at radius 2 is 2.20 bits per heavy atom. The van der Waals surface area contributed by atoms with Crippen LogP contribution in [0.15, 0.2) is 0 Å². The van der Waals surface area contributed by atoms with Gasteiger partial charge in [0.1, 0.15) is 0 Å². The number of hydrogen-bond acceptors (Lipinski definition) is 1. The van der Waals surface area contributed by atoms with Gasteiger partial charge in [-0.3, -0.25) is 0 Å². The van der Waals surface area contributed by atoms with Crippen molar-refractivity contribution in [1.29, 1.82) is 0 Å². The van der Waals surface area contributed by atoms with Gasteiger partial charge in [-0.15, -0.1) is 0 Å². The van der Waals surface area contributed by atoms with Crippen LogP contribution in [0.1, 0.15) is 0 Å². The monoisotopic (exact) mass is 268 g/mol. The van der Waals surface area contributed by atoms with Crippen LogP contribution in [-0.4, -0.2) is 35.8 Å². The van der Waals surface area contributed by atoms with Crippen molar-refractivity contribution in [3.63, 3.8) is 0 Å². The first-order chi connectivity index (χ1) is 2.27. The van der Waals surface area contributed by atoms with Gasteiger partial charge in [0.15, 0.2) is 0 Å². The van der Waals surface area contributed by atoms with Crippen molar-refractivity contribution in [2.45, 2.75) is 4.13 Å². The maximum absolute atomic E-state index is 9.40. The van der Waals surface area contributed by atoms with Gasteiger partial charge in [0, 0.05) is 0 Å². The van der Waals surface area contributed by atoms with Crippen molar-refractivity contribution in [2.24, 2.45) is 0 Å². The summed E-state index contributed by atoms with van der Waals surface area (Å²) in [6.07, 6.45) is 0. The average Bonchev–Trinajstić information content (AvgIpc) is 1.38. The molecule has 0 unspecified atom stereocenters. The fraction of sp³-hybridized carbons (Fsp3) is 0.500. The van der Waals surface area contributed by atoms with Crippen molar-refractivity contribution < 1.29 is 9.90 Å². The summed E-state index contributed by atoms with van der Waals surface area (Å²) >= 11 is 0.939. The van der Waals surface area contributed by atoms with Crippen molar-refractivity contribution in [1.82, 2.24) is 0 Å². The molecule has 0 spiro atoms. The van der Waals surface area contributed by atoms with Gasteiger partial charge < -0.3 is 0 Å². The Balaban J connectivity index is 2.85. The van der Waals surface area contributed by atoms with Crippen molar-refractivity contribution >= 4 is 30.7 Å². The topological polar surface area (TPSA) is 37.3 Å². The summed E-state index contributed by atoms with van der Waals surface area (Å²) in [5, 5.41) is 7.75. The second-order valence-corrected chi connectivity index (χ2v) is 1.78. The Morgan fingerprint density at radius 3 is 2.20 bits per heavy atom. The first-order valence-electron chi connectivity index (χ1n) is 1.10. The molecule has 2 radical (unpaired) electrons. The van der Waals surface area contributed by atoms with Crippen LogP contribution in [0.4, 0.5) is 0 Å². The SMILES string of the molecule is O=C(O)[CH2][Bi]. The normalized spacial score (nSPS) is 7.40. The first-order valence-corrected chi connectivity index (χ1v) is 3.56. The van der Waals surface area contributed by atoms with Gasteiger partial charge in [0.05, 0.1) is 0 Å². The van der Waals surface area contributed by atoms with E-state index in [4.69, 9.17) is 5.11 Å². The molecule has 2 nitrogen and oxygen atoms in total. The molecule has 0 aromatic carbocycles. The van der Waals surface area contributed by atoms with E-state index in [1.165, 1.54) is 0 Å². The Bertz CT molecular complexity index is 42.9. The van der Waals surface area contributed by atoms with Crippen LogP contribution >= 0.6 is 0 Å². The zero-order valence-electron chi connectivity index (χ0n) is 2.51. The molecule has 0 aliphatic carbocycles. The summed E-state index contributed by atoms with van der Waals surface area (Å²) in [6, 6.07) is 0. The fourth-order valence-electron chi connectivity index (χ4n) is 0. The van der Waals surface area contributed by atoms with E-state index < -0.39 is 5.97 Å². The Morgan fingerprint density at radius 1 is 2.00 bits per heavy atom. The van der Waals surface area contributed by atoms with E-state index >= 15 is 0 Å². The predicted octanol–water partition coefficient (Wildman–Crippen LogP) is -0.342. The molecule has 0 saturated carbocycles. The molecule has 0 bridgehead atoms. The number of rotatable bonds is 1. The van der Waals surface area contributed by atoms with Gasteiger partial charge in [-0.2, -0.15) is 0 Å². The molecule has 0 amide bonds. The van der Waals surface area contributed by atoms with Crippen LogP contribution < -0.4 is 0 Å². The van der Waals surface area contributed by atoms with E-state index in [-0.39, 0.29) is 0 Å². The van der Waals surface area contributed by atoms with Gasteiger partial charge in [-0.25, -0.2) is 0 Å². The van der Waals surface area contributed by atoms with E-state index in [2.05, 4.69) is 0 Å². The minimum atomic E-state index is -0.696. The van der Waals surface area contributed by atoms with E-state index in [0.717, 1.165) is 24.7 Å². The van der Waals surface area contributed by atoms with Crippen LogP contribution in [0.2, 0.25) is 4.13 Å². The fourth-order valence-corrected chi connectivity index (χ4v) is 0. The summed E-state index contributed by atoms with van der Waals surface area (Å²) in [6.45, 7) is 0. The quantitative estimate of drug-likeness (QED) is 0.660. The first kappa shape index (κ1) is 5.35. The third-order valence-electron chi connectivity index (χ3n) is 0.135. The van der Waals surface area contributed by atoms with Gasteiger partial charge in [0.25, 0.3) is 0 Å². The number of hydrogen-bond donors (Lipinski definition) is 1. The molecule has 0 fully saturated rings. The minimum absolute atomic E-state index is 0.333. The molecular weight excluding hydrogens is 265 g/mol. The molecule has 0 atom stereocenters. The third kappa shape index (κ3) is 4.35. The molecule has 0 aromatic rings. The van der Waals surface area contributed by atoms with E-state index in [0.29, 0.717) is 4.13 Å². The van der Waals surface area contributed by atoms with Crippen LogP contribution in [0.5, 0.6) is 0 Å². The van der Waals surface area contributed by atoms with Gasteiger partial charge in [0.2, 0.25) is 0 Å². The maximum atomic E-state index is 9.40. The summed E-state index contributed by atoms with van der Waals surface area (Å²) in [5.41, 5.74) is 0. The molecule has 5 heavy (non-hydrogen) atoms. The second-order valence-electron chi connectivity index (χ2n) is 0.552. The van der Waals surface area contributed by atoms with E-state index in [1.807, 2.05) is 0 Å². The summed E-state index contributed by atoms with van der Waals surface area (Å²) < 4.78 is 0.333. The predicted molar refractivity (Wildman–Crippen MR) is 18.2 cm³/mol. The Labute approximate surface area is 45.0 Å². The average molecular weight is 268 g/mol. The zero-order valence-corrected chi connectivity index (χ0v) is 5.99. The Hall–Kier alpha value is 0.353. The molecule has 0 aromatic heterocycles. The van der Waals surface area contributed by atoms with Crippen LogP contribution in [0, 0.1) is 0 Å². The van der Waals surface area contributed by atoms with Crippen molar-refractivity contribution in [2.75, 3.05) is 0 Å². The van der Waals surface area contributed by atoms with Gasteiger partial charge >= 0.3 is 44.7 Å². The molecule has 0 aliphatic rings. The van der Waals surface area contributed by atoms with Crippen molar-refractivity contribution in [3.8, 4) is 0 Å². The van der Waals surface area contributed by atoms with Crippen LogP contribution in [0.3, 0.4) is 0 Å². The number of carboxylic acids is 1. The second kappa shape index (κ2) is 2.58. The molecule has 0 saturated heterocycles. The summed E-state index contributed by atoms with van der Waals surface area (Å²) in [4.78, 5) is 9.40. The standard InChI is InChI=1S/C2H3O2.Bi/c1-2(3)4;/h1H2,(H,3,4);. The molecular formula is C2H3BiO2. The molecule has 3 heteroatoms. The van der Waals surface area contributed by atoms with Crippen LogP contribution in [0.25, 0.3) is 0 Å². The number of carboxylic acid groups (broad SMARTS) is 1. The summed E-state index contributed by atoms with van der Waals surface area (Å²) in [7, 11) is 0. The van der Waals surface area contributed by atoms with E-state index in [9.17, 15) is 4.79 Å². The molecule has 1 N–H and O–H groups in total. The van der Waals surface area contributed by atoms with Gasteiger partial charge in [-0.05, 0) is 0 Å². The van der Waals surface area contributed by atoms with Crippen molar-refractivity contribution in [3.05, 3.63) is 0 Å². The number of carbonyl (C=O) groups is 1. The molecule has 0 heterocycles. The summed E-state index contributed by atoms with van der Waals surface area (Å²) in [5.74, 6) is -0.696.